The fraction of sp³-hybridized carbons (Fsp3) is 0.400. The van der Waals surface area contributed by atoms with E-state index in [9.17, 15) is 4.79 Å². The number of halogens is 1. The average Bonchev–Trinajstić information content (AvgIpc) is 3.22. The van der Waals surface area contributed by atoms with Crippen LogP contribution in [-0.4, -0.2) is 37.5 Å². The van der Waals surface area contributed by atoms with Crippen molar-refractivity contribution in [1.82, 2.24) is 29.9 Å². The van der Waals surface area contributed by atoms with Crippen LogP contribution in [0.15, 0.2) is 36.7 Å². The molecule has 154 valence electrons. The first-order valence-corrected chi connectivity index (χ1v) is 9.65. The van der Waals surface area contributed by atoms with Crippen LogP contribution in [-0.2, 0) is 24.8 Å². The van der Waals surface area contributed by atoms with E-state index < -0.39 is 6.04 Å². The molecule has 0 radical (unpaired) electrons. The van der Waals surface area contributed by atoms with Crippen molar-refractivity contribution in [2.24, 2.45) is 7.05 Å². The van der Waals surface area contributed by atoms with E-state index in [4.69, 9.17) is 0 Å². The van der Waals surface area contributed by atoms with Crippen LogP contribution in [0.25, 0.3) is 11.4 Å². The summed E-state index contributed by atoms with van der Waals surface area (Å²) in [5.41, 5.74) is 2.58. The van der Waals surface area contributed by atoms with Crippen molar-refractivity contribution in [2.45, 2.75) is 38.3 Å². The van der Waals surface area contributed by atoms with Gasteiger partial charge in [-0.2, -0.15) is 5.10 Å². The molecule has 4 rings (SSSR count). The number of amides is 1. The lowest BCUT2D eigenvalue weighted by Gasteiger charge is -2.15. The minimum absolute atomic E-state index is 0. The molecule has 1 atom stereocenters. The molecule has 8 nitrogen and oxygen atoms in total. The largest absolute Gasteiger partial charge is 0.324 e. The van der Waals surface area contributed by atoms with Crippen molar-refractivity contribution in [2.75, 3.05) is 12.4 Å². The van der Waals surface area contributed by atoms with Gasteiger partial charge < -0.3 is 15.2 Å². The average molecular weight is 416 g/mol. The van der Waals surface area contributed by atoms with Crippen LogP contribution in [0.4, 0.5) is 5.69 Å². The van der Waals surface area contributed by atoms with Gasteiger partial charge in [-0.25, -0.2) is 0 Å². The van der Waals surface area contributed by atoms with Crippen molar-refractivity contribution in [1.29, 1.82) is 0 Å². The summed E-state index contributed by atoms with van der Waals surface area (Å²) in [5, 5.41) is 18.9. The number of rotatable bonds is 5. The Morgan fingerprint density at radius 3 is 2.62 bits per heavy atom. The second kappa shape index (κ2) is 9.19. The summed E-state index contributed by atoms with van der Waals surface area (Å²) < 4.78 is 3.91. The molecule has 0 aliphatic carbocycles. The third-order valence-electron chi connectivity index (χ3n) is 5.13. The van der Waals surface area contributed by atoms with Gasteiger partial charge in [-0.1, -0.05) is 6.42 Å². The number of fused-ring (bicyclic) bond motifs is 1. The quantitative estimate of drug-likeness (QED) is 0.668. The molecular weight excluding hydrogens is 390 g/mol. The first kappa shape index (κ1) is 21.0. The van der Waals surface area contributed by atoms with Gasteiger partial charge in [-0.15, -0.1) is 22.6 Å². The van der Waals surface area contributed by atoms with Gasteiger partial charge in [0.15, 0.2) is 5.82 Å². The van der Waals surface area contributed by atoms with Crippen LogP contribution in [0, 0.1) is 0 Å². The van der Waals surface area contributed by atoms with Crippen molar-refractivity contribution in [3.05, 3.63) is 48.0 Å². The fourth-order valence-electron chi connectivity index (χ4n) is 3.65. The Labute approximate surface area is 176 Å². The maximum atomic E-state index is 12.7. The Balaban J connectivity index is 0.00000240. The molecule has 0 spiro atoms. The zero-order valence-corrected chi connectivity index (χ0v) is 17.4. The standard InChI is InChI=1S/C20H25N7O.ClH/c1-21-18(15-12-22-26(2)13-15)20(28)23-16-9-7-14(8-10-16)19-25-24-17-6-4-3-5-11-27(17)19;/h7-10,12-13,18,21H,3-6,11H2,1-2H3,(H,23,28);1H. The van der Waals surface area contributed by atoms with Crippen LogP contribution in [0.5, 0.6) is 0 Å². The van der Waals surface area contributed by atoms with E-state index in [1.165, 1.54) is 12.8 Å². The summed E-state index contributed by atoms with van der Waals surface area (Å²) in [6.07, 6.45) is 8.08. The second-order valence-electron chi connectivity index (χ2n) is 7.14. The highest BCUT2D eigenvalue weighted by molar-refractivity contribution is 5.95. The Hall–Kier alpha value is -2.71. The molecule has 0 bridgehead atoms. The zero-order valence-electron chi connectivity index (χ0n) is 16.6. The minimum Gasteiger partial charge on any atom is -0.324 e. The molecular formula is C20H26ClN7O. The number of benzene rings is 1. The van der Waals surface area contributed by atoms with E-state index >= 15 is 0 Å². The molecule has 29 heavy (non-hydrogen) atoms. The lowest BCUT2D eigenvalue weighted by molar-refractivity contribution is -0.118. The predicted molar refractivity (Wildman–Crippen MR) is 114 cm³/mol. The Morgan fingerprint density at radius 1 is 1.14 bits per heavy atom. The highest BCUT2D eigenvalue weighted by Gasteiger charge is 2.20. The van der Waals surface area contributed by atoms with Gasteiger partial charge in [0.1, 0.15) is 11.9 Å². The molecule has 1 amide bonds. The highest BCUT2D eigenvalue weighted by Crippen LogP contribution is 2.24. The van der Waals surface area contributed by atoms with Crippen molar-refractivity contribution < 1.29 is 4.79 Å². The predicted octanol–water partition coefficient (Wildman–Crippen LogP) is 2.73. The number of aromatic nitrogens is 5. The van der Waals surface area contributed by atoms with E-state index in [1.54, 1.807) is 17.9 Å². The number of hydrogen-bond acceptors (Lipinski definition) is 5. The first-order valence-electron chi connectivity index (χ1n) is 9.65. The number of hydrogen-bond donors (Lipinski definition) is 2. The normalized spacial score (nSPS) is 14.4. The van der Waals surface area contributed by atoms with Gasteiger partial charge in [0.25, 0.3) is 0 Å². The second-order valence-corrected chi connectivity index (χ2v) is 7.14. The van der Waals surface area contributed by atoms with Gasteiger partial charge in [0.2, 0.25) is 5.91 Å². The summed E-state index contributed by atoms with van der Waals surface area (Å²) in [5.74, 6) is 1.84. The molecule has 0 fully saturated rings. The monoisotopic (exact) mass is 415 g/mol. The van der Waals surface area contributed by atoms with E-state index in [2.05, 4.69) is 30.5 Å². The van der Waals surface area contributed by atoms with Gasteiger partial charge in [0.05, 0.1) is 6.20 Å². The third kappa shape index (κ3) is 4.49. The molecule has 3 aromatic rings. The van der Waals surface area contributed by atoms with Gasteiger partial charge in [0, 0.05) is 43.0 Å². The van der Waals surface area contributed by atoms with Crippen LogP contribution < -0.4 is 10.6 Å². The number of carbonyl (C=O) groups excluding carboxylic acids is 1. The maximum absolute atomic E-state index is 12.7. The van der Waals surface area contributed by atoms with Crippen molar-refractivity contribution in [3.63, 3.8) is 0 Å². The van der Waals surface area contributed by atoms with E-state index in [1.807, 2.05) is 37.5 Å². The fourth-order valence-corrected chi connectivity index (χ4v) is 3.65. The van der Waals surface area contributed by atoms with Crippen molar-refractivity contribution >= 4 is 24.0 Å². The Bertz CT molecular complexity index is 964. The number of carbonyl (C=O) groups is 1. The smallest absolute Gasteiger partial charge is 0.246 e. The SMILES string of the molecule is CNC(C(=O)Nc1ccc(-c2nnc3n2CCCCC3)cc1)c1cnn(C)c1.Cl. The van der Waals surface area contributed by atoms with E-state index in [-0.39, 0.29) is 18.3 Å². The van der Waals surface area contributed by atoms with Gasteiger partial charge in [-0.3, -0.25) is 9.48 Å². The van der Waals surface area contributed by atoms with Crippen LogP contribution in [0.1, 0.15) is 36.7 Å². The van der Waals surface area contributed by atoms with Crippen LogP contribution in [0.2, 0.25) is 0 Å². The molecule has 2 N–H and O–H groups in total. The Kier molecular flexibility index (Phi) is 6.66. The summed E-state index contributed by atoms with van der Waals surface area (Å²) in [7, 11) is 3.59. The van der Waals surface area contributed by atoms with E-state index in [0.717, 1.165) is 47.8 Å². The van der Waals surface area contributed by atoms with Gasteiger partial charge >= 0.3 is 0 Å². The summed E-state index contributed by atoms with van der Waals surface area (Å²) in [4.78, 5) is 12.7. The summed E-state index contributed by atoms with van der Waals surface area (Å²) in [6.45, 7) is 0.963. The molecule has 1 aliphatic heterocycles. The number of aryl methyl sites for hydroxylation is 2. The highest BCUT2D eigenvalue weighted by atomic mass is 35.5. The lowest BCUT2D eigenvalue weighted by atomic mass is 10.1. The molecule has 3 heterocycles. The molecule has 0 saturated heterocycles. The number of nitrogens with zero attached hydrogens (tertiary/aromatic N) is 5. The summed E-state index contributed by atoms with van der Waals surface area (Å²) in [6, 6.07) is 7.32. The molecule has 0 saturated carbocycles. The van der Waals surface area contributed by atoms with Crippen LogP contribution in [0.3, 0.4) is 0 Å². The maximum Gasteiger partial charge on any atom is 0.246 e. The lowest BCUT2D eigenvalue weighted by Crippen LogP contribution is -2.30. The molecule has 1 aromatic carbocycles. The zero-order chi connectivity index (χ0) is 19.5. The first-order chi connectivity index (χ1) is 13.7. The number of anilines is 1. The number of likely N-dealkylation sites (N-methyl/N-ethyl adjacent to an activating group) is 1. The molecule has 1 unspecified atom stereocenters. The molecule has 2 aromatic heterocycles. The topological polar surface area (TPSA) is 89.7 Å². The van der Waals surface area contributed by atoms with Crippen LogP contribution >= 0.6 is 12.4 Å². The minimum atomic E-state index is -0.458. The molecule has 1 aliphatic rings. The third-order valence-corrected chi connectivity index (χ3v) is 5.13. The molecule has 9 heteroatoms. The summed E-state index contributed by atoms with van der Waals surface area (Å²) >= 11 is 0. The number of nitrogens with one attached hydrogen (secondary N) is 2. The Morgan fingerprint density at radius 2 is 1.93 bits per heavy atom. The van der Waals surface area contributed by atoms with Gasteiger partial charge in [-0.05, 0) is 44.2 Å². The van der Waals surface area contributed by atoms with Crippen molar-refractivity contribution in [3.8, 4) is 11.4 Å². The van der Waals surface area contributed by atoms with E-state index in [0.29, 0.717) is 0 Å².